The highest BCUT2D eigenvalue weighted by Crippen LogP contribution is 2.17. The summed E-state index contributed by atoms with van der Waals surface area (Å²) in [5.74, 6) is -0.159. The van der Waals surface area contributed by atoms with Crippen molar-refractivity contribution in [2.75, 3.05) is 20.1 Å². The van der Waals surface area contributed by atoms with E-state index in [1.165, 1.54) is 0 Å². The molecule has 1 aromatic heterocycles. The van der Waals surface area contributed by atoms with E-state index in [-0.39, 0.29) is 5.91 Å². The van der Waals surface area contributed by atoms with E-state index in [9.17, 15) is 4.79 Å². The molecule has 0 aliphatic carbocycles. The Kier molecular flexibility index (Phi) is 3.90. The van der Waals surface area contributed by atoms with Gasteiger partial charge in [-0.1, -0.05) is 35.0 Å². The first-order chi connectivity index (χ1) is 10.1. The zero-order chi connectivity index (χ0) is 14.8. The van der Waals surface area contributed by atoms with Crippen molar-refractivity contribution in [1.29, 1.82) is 0 Å². The van der Waals surface area contributed by atoms with Crippen LogP contribution in [0.25, 0.3) is 0 Å². The summed E-state index contributed by atoms with van der Waals surface area (Å²) >= 11 is 6.11. The monoisotopic (exact) mass is 305 g/mol. The van der Waals surface area contributed by atoms with Crippen LogP contribution in [0.3, 0.4) is 0 Å². The van der Waals surface area contributed by atoms with E-state index < -0.39 is 0 Å². The number of halogens is 1. The van der Waals surface area contributed by atoms with Gasteiger partial charge in [0.25, 0.3) is 5.91 Å². The Bertz CT molecular complexity index is 652. The van der Waals surface area contributed by atoms with E-state index in [2.05, 4.69) is 15.6 Å². The zero-order valence-electron chi connectivity index (χ0n) is 11.7. The first kappa shape index (κ1) is 14.0. The number of benzene rings is 1. The van der Waals surface area contributed by atoms with Crippen LogP contribution in [-0.4, -0.2) is 45.9 Å². The Hall–Kier alpha value is -1.92. The maximum atomic E-state index is 12.4. The fourth-order valence-electron chi connectivity index (χ4n) is 2.16. The summed E-state index contributed by atoms with van der Waals surface area (Å²) in [6, 6.07) is 7.79. The first-order valence-electron chi connectivity index (χ1n) is 6.76. The van der Waals surface area contributed by atoms with Gasteiger partial charge in [-0.25, -0.2) is 4.68 Å². The molecule has 0 unspecified atom stereocenters. The molecule has 2 heterocycles. The van der Waals surface area contributed by atoms with Crippen LogP contribution in [0.1, 0.15) is 22.1 Å². The average molecular weight is 306 g/mol. The van der Waals surface area contributed by atoms with Crippen LogP contribution >= 0.6 is 11.6 Å². The zero-order valence-corrected chi connectivity index (χ0v) is 12.4. The summed E-state index contributed by atoms with van der Waals surface area (Å²) in [7, 11) is 1.73. The van der Waals surface area contributed by atoms with Crippen molar-refractivity contribution in [2.24, 2.45) is 0 Å². The van der Waals surface area contributed by atoms with Crippen molar-refractivity contribution in [3.05, 3.63) is 46.7 Å². The molecular weight excluding hydrogens is 290 g/mol. The Morgan fingerprint density at radius 3 is 2.90 bits per heavy atom. The summed E-state index contributed by atoms with van der Waals surface area (Å²) in [5, 5.41) is 11.8. The minimum Gasteiger partial charge on any atom is -0.336 e. The SMILES string of the molecule is CN(Cc1ccccc1Cl)C(=O)c1cn(C2CNC2)nn1. The second-order valence-corrected chi connectivity index (χ2v) is 5.56. The normalized spacial score (nSPS) is 14.8. The molecule has 1 saturated heterocycles. The minimum absolute atomic E-state index is 0.159. The molecular formula is C14H16ClN5O. The number of amides is 1. The van der Waals surface area contributed by atoms with E-state index in [0.29, 0.717) is 23.3 Å². The van der Waals surface area contributed by atoms with Crippen molar-refractivity contribution in [3.63, 3.8) is 0 Å². The van der Waals surface area contributed by atoms with Gasteiger partial charge in [-0.05, 0) is 11.6 Å². The topological polar surface area (TPSA) is 63.1 Å². The molecule has 7 heteroatoms. The second kappa shape index (κ2) is 5.83. The van der Waals surface area contributed by atoms with Gasteiger partial charge in [0.2, 0.25) is 0 Å². The lowest BCUT2D eigenvalue weighted by molar-refractivity contribution is 0.0779. The van der Waals surface area contributed by atoms with Gasteiger partial charge in [0.05, 0.1) is 12.2 Å². The Morgan fingerprint density at radius 2 is 2.24 bits per heavy atom. The summed E-state index contributed by atoms with van der Waals surface area (Å²) in [4.78, 5) is 13.9. The third-order valence-corrected chi connectivity index (χ3v) is 3.94. The van der Waals surface area contributed by atoms with Gasteiger partial charge in [-0.15, -0.1) is 5.10 Å². The molecule has 1 fully saturated rings. The fourth-order valence-corrected chi connectivity index (χ4v) is 2.36. The van der Waals surface area contributed by atoms with Crippen LogP contribution < -0.4 is 5.32 Å². The quantitative estimate of drug-likeness (QED) is 0.926. The molecule has 1 amide bonds. The first-order valence-corrected chi connectivity index (χ1v) is 7.14. The molecule has 1 aliphatic rings. The maximum absolute atomic E-state index is 12.4. The molecule has 110 valence electrons. The third kappa shape index (κ3) is 2.91. The van der Waals surface area contributed by atoms with Crippen molar-refractivity contribution in [3.8, 4) is 0 Å². The predicted octanol–water partition coefficient (Wildman–Crippen LogP) is 1.35. The number of aromatic nitrogens is 3. The minimum atomic E-state index is -0.159. The van der Waals surface area contributed by atoms with Crippen molar-refractivity contribution in [1.82, 2.24) is 25.2 Å². The van der Waals surface area contributed by atoms with Crippen molar-refractivity contribution >= 4 is 17.5 Å². The number of nitrogens with one attached hydrogen (secondary N) is 1. The standard InChI is InChI=1S/C14H16ClN5O/c1-19(8-10-4-2-3-5-12(10)15)14(21)13-9-20(18-17-13)11-6-16-7-11/h2-5,9,11,16H,6-8H2,1H3. The number of hydrogen-bond acceptors (Lipinski definition) is 4. The maximum Gasteiger partial charge on any atom is 0.276 e. The Balaban J connectivity index is 1.69. The Morgan fingerprint density at radius 1 is 1.48 bits per heavy atom. The highest BCUT2D eigenvalue weighted by molar-refractivity contribution is 6.31. The fraction of sp³-hybridized carbons (Fsp3) is 0.357. The van der Waals surface area contributed by atoms with Crippen molar-refractivity contribution < 1.29 is 4.79 Å². The van der Waals surface area contributed by atoms with Gasteiger partial charge in [0, 0.05) is 31.7 Å². The Labute approximate surface area is 127 Å². The summed E-state index contributed by atoms with van der Waals surface area (Å²) in [6.07, 6.45) is 1.71. The molecule has 0 saturated carbocycles. The molecule has 2 aromatic rings. The van der Waals surface area contributed by atoms with E-state index in [0.717, 1.165) is 18.7 Å². The molecule has 0 atom stereocenters. The van der Waals surface area contributed by atoms with Crippen LogP contribution in [0.5, 0.6) is 0 Å². The molecule has 0 radical (unpaired) electrons. The molecule has 1 aliphatic heterocycles. The van der Waals surface area contributed by atoms with Crippen LogP contribution in [0.15, 0.2) is 30.5 Å². The molecule has 1 N–H and O–H groups in total. The summed E-state index contributed by atoms with van der Waals surface area (Å²) < 4.78 is 1.74. The molecule has 3 rings (SSSR count). The molecule has 0 bridgehead atoms. The lowest BCUT2D eigenvalue weighted by Crippen LogP contribution is -2.43. The van der Waals surface area contributed by atoms with Crippen molar-refractivity contribution in [2.45, 2.75) is 12.6 Å². The van der Waals surface area contributed by atoms with E-state index in [4.69, 9.17) is 11.6 Å². The second-order valence-electron chi connectivity index (χ2n) is 5.15. The van der Waals surface area contributed by atoms with Crippen LogP contribution in [-0.2, 0) is 6.54 Å². The van der Waals surface area contributed by atoms with Crippen LogP contribution in [0, 0.1) is 0 Å². The smallest absolute Gasteiger partial charge is 0.276 e. The van der Waals surface area contributed by atoms with E-state index >= 15 is 0 Å². The van der Waals surface area contributed by atoms with E-state index in [1.807, 2.05) is 24.3 Å². The van der Waals surface area contributed by atoms with Crippen LogP contribution in [0.2, 0.25) is 5.02 Å². The third-order valence-electron chi connectivity index (χ3n) is 3.58. The number of carbonyl (C=O) groups is 1. The van der Waals surface area contributed by atoms with Gasteiger partial charge >= 0.3 is 0 Å². The van der Waals surface area contributed by atoms with Crippen LogP contribution in [0.4, 0.5) is 0 Å². The summed E-state index contributed by atoms with van der Waals surface area (Å²) in [6.45, 7) is 2.18. The highest BCUT2D eigenvalue weighted by Gasteiger charge is 2.23. The number of carbonyl (C=O) groups excluding carboxylic acids is 1. The number of hydrogen-bond donors (Lipinski definition) is 1. The largest absolute Gasteiger partial charge is 0.336 e. The lowest BCUT2D eigenvalue weighted by atomic mass is 10.2. The van der Waals surface area contributed by atoms with Gasteiger partial charge < -0.3 is 10.2 Å². The summed E-state index contributed by atoms with van der Waals surface area (Å²) in [5.41, 5.74) is 1.27. The lowest BCUT2D eigenvalue weighted by Gasteiger charge is -2.26. The van der Waals surface area contributed by atoms with Gasteiger partial charge in [0.15, 0.2) is 5.69 Å². The van der Waals surface area contributed by atoms with E-state index in [1.54, 1.807) is 22.8 Å². The number of nitrogens with zero attached hydrogens (tertiary/aromatic N) is 4. The molecule has 0 spiro atoms. The molecule has 21 heavy (non-hydrogen) atoms. The molecule has 6 nitrogen and oxygen atoms in total. The highest BCUT2D eigenvalue weighted by atomic mass is 35.5. The van der Waals surface area contributed by atoms with Gasteiger partial charge in [0.1, 0.15) is 0 Å². The molecule has 1 aromatic carbocycles. The number of rotatable bonds is 4. The van der Waals surface area contributed by atoms with Gasteiger partial charge in [-0.2, -0.15) is 0 Å². The van der Waals surface area contributed by atoms with Gasteiger partial charge in [-0.3, -0.25) is 4.79 Å². The predicted molar refractivity (Wildman–Crippen MR) is 79.2 cm³/mol. The average Bonchev–Trinajstić information content (AvgIpc) is 2.87.